The van der Waals surface area contributed by atoms with Crippen LogP contribution in [-0.2, 0) is 16.0 Å². The Morgan fingerprint density at radius 3 is 2.09 bits per heavy atom. The van der Waals surface area contributed by atoms with Gasteiger partial charge >= 0.3 is 12.1 Å². The molecule has 0 fully saturated rings. The molecule has 0 aliphatic heterocycles. The Balaban J connectivity index is 1.41. The molecule has 4 rings (SSSR count). The Hall–Kier alpha value is -4.27. The molecule has 0 saturated carbocycles. The Morgan fingerprint density at radius 2 is 1.56 bits per heavy atom. The minimum Gasteiger partial charge on any atom is -0.480 e. The number of amides is 2. The van der Waals surface area contributed by atoms with Gasteiger partial charge in [0.1, 0.15) is 12.6 Å². The van der Waals surface area contributed by atoms with Crippen LogP contribution in [0.25, 0.3) is 11.1 Å². The molecule has 1 aromatic heterocycles. The van der Waals surface area contributed by atoms with Crippen LogP contribution in [0.2, 0.25) is 0 Å². The maximum Gasteiger partial charge on any atom is 0.407 e. The van der Waals surface area contributed by atoms with E-state index in [4.69, 9.17) is 10.5 Å². The zero-order chi connectivity index (χ0) is 22.7. The lowest BCUT2D eigenvalue weighted by molar-refractivity contribution is -0.139. The average Bonchev–Trinajstić information content (AvgIpc) is 3.11. The van der Waals surface area contributed by atoms with E-state index in [9.17, 15) is 19.5 Å². The fourth-order valence-corrected chi connectivity index (χ4v) is 3.81. The van der Waals surface area contributed by atoms with Crippen molar-refractivity contribution in [1.29, 1.82) is 0 Å². The predicted molar refractivity (Wildman–Crippen MR) is 114 cm³/mol. The standard InChI is InChI=1S/C23H20N4O5/c24-20(28)21-25-10-13(11-26-21)9-19(22(29)30)27-23(31)32-12-18-16-7-3-1-5-14(16)15-6-2-4-8-17(15)18/h1-8,10-11,18-19H,9,12H2,(H2,24,28)(H,27,31)(H,29,30)/t19-/m0/s1. The number of nitrogens with zero attached hydrogens (tertiary/aromatic N) is 2. The summed E-state index contributed by atoms with van der Waals surface area (Å²) in [5.74, 6) is -2.34. The van der Waals surface area contributed by atoms with Crippen LogP contribution in [0, 0.1) is 0 Å². The third kappa shape index (κ3) is 4.27. The summed E-state index contributed by atoms with van der Waals surface area (Å²) in [5, 5.41) is 11.8. The number of ether oxygens (including phenoxy) is 1. The fourth-order valence-electron chi connectivity index (χ4n) is 3.81. The van der Waals surface area contributed by atoms with Gasteiger partial charge in [-0.05, 0) is 27.8 Å². The first-order valence-corrected chi connectivity index (χ1v) is 9.89. The molecule has 3 aromatic rings. The minimum atomic E-state index is -1.26. The predicted octanol–water partition coefficient (Wildman–Crippen LogP) is 2.11. The lowest BCUT2D eigenvalue weighted by Crippen LogP contribution is -2.43. The normalized spacial score (nSPS) is 13.0. The highest BCUT2D eigenvalue weighted by molar-refractivity contribution is 5.88. The molecule has 0 bridgehead atoms. The number of carbonyl (C=O) groups is 3. The molecule has 1 aliphatic carbocycles. The van der Waals surface area contributed by atoms with Gasteiger partial charge < -0.3 is 20.9 Å². The third-order valence-corrected chi connectivity index (χ3v) is 5.30. The van der Waals surface area contributed by atoms with Gasteiger partial charge in [-0.25, -0.2) is 19.6 Å². The lowest BCUT2D eigenvalue weighted by atomic mass is 9.98. The van der Waals surface area contributed by atoms with Gasteiger partial charge in [-0.2, -0.15) is 0 Å². The zero-order valence-electron chi connectivity index (χ0n) is 16.9. The van der Waals surface area contributed by atoms with Gasteiger partial charge in [0.15, 0.2) is 0 Å². The summed E-state index contributed by atoms with van der Waals surface area (Å²) < 4.78 is 5.40. The number of aromatic nitrogens is 2. The second-order valence-electron chi connectivity index (χ2n) is 7.34. The topological polar surface area (TPSA) is 144 Å². The first kappa shape index (κ1) is 21.0. The summed E-state index contributed by atoms with van der Waals surface area (Å²) in [5.41, 5.74) is 9.82. The van der Waals surface area contributed by atoms with Crippen molar-refractivity contribution in [3.63, 3.8) is 0 Å². The van der Waals surface area contributed by atoms with Gasteiger partial charge in [-0.3, -0.25) is 4.79 Å². The first-order valence-electron chi connectivity index (χ1n) is 9.89. The molecule has 1 aliphatic rings. The van der Waals surface area contributed by atoms with E-state index in [1.807, 2.05) is 48.5 Å². The summed E-state index contributed by atoms with van der Waals surface area (Å²) in [6, 6.07) is 14.6. The van der Waals surface area contributed by atoms with E-state index in [0.29, 0.717) is 5.56 Å². The molecular weight excluding hydrogens is 412 g/mol. The van der Waals surface area contributed by atoms with Crippen LogP contribution in [0.3, 0.4) is 0 Å². The van der Waals surface area contributed by atoms with Crippen LogP contribution in [0.5, 0.6) is 0 Å². The molecule has 0 saturated heterocycles. The molecule has 0 unspecified atom stereocenters. The van der Waals surface area contributed by atoms with Crippen molar-refractivity contribution in [2.45, 2.75) is 18.4 Å². The summed E-state index contributed by atoms with van der Waals surface area (Å²) >= 11 is 0. The lowest BCUT2D eigenvalue weighted by Gasteiger charge is -2.17. The highest BCUT2D eigenvalue weighted by Gasteiger charge is 2.29. The summed E-state index contributed by atoms with van der Waals surface area (Å²) in [7, 11) is 0. The Labute approximate surface area is 183 Å². The van der Waals surface area contributed by atoms with Crippen molar-refractivity contribution in [2.75, 3.05) is 6.61 Å². The van der Waals surface area contributed by atoms with Crippen molar-refractivity contribution in [3.8, 4) is 11.1 Å². The molecule has 1 heterocycles. The van der Waals surface area contributed by atoms with Crippen molar-refractivity contribution in [3.05, 3.63) is 83.4 Å². The van der Waals surface area contributed by atoms with E-state index in [1.54, 1.807) is 0 Å². The maximum atomic E-state index is 12.4. The molecular formula is C23H20N4O5. The molecule has 9 heteroatoms. The molecule has 162 valence electrons. The van der Waals surface area contributed by atoms with Crippen LogP contribution < -0.4 is 11.1 Å². The number of carbonyl (C=O) groups excluding carboxylic acids is 2. The largest absolute Gasteiger partial charge is 0.480 e. The van der Waals surface area contributed by atoms with Crippen molar-refractivity contribution >= 4 is 18.0 Å². The van der Waals surface area contributed by atoms with Gasteiger partial charge in [0.2, 0.25) is 5.82 Å². The Morgan fingerprint density at radius 1 is 1.00 bits per heavy atom. The SMILES string of the molecule is NC(=O)c1ncc(C[C@H](NC(=O)OCC2c3ccccc3-c3ccccc32)C(=O)O)cn1. The number of primary amides is 1. The van der Waals surface area contributed by atoms with Crippen LogP contribution in [-0.4, -0.2) is 45.7 Å². The number of carboxylic acids is 1. The summed E-state index contributed by atoms with van der Waals surface area (Å²) in [6.07, 6.45) is 1.66. The van der Waals surface area contributed by atoms with Gasteiger partial charge in [-0.1, -0.05) is 48.5 Å². The number of benzene rings is 2. The van der Waals surface area contributed by atoms with Gasteiger partial charge in [0.05, 0.1) is 0 Å². The second-order valence-corrected chi connectivity index (χ2v) is 7.34. The number of nitrogens with two attached hydrogens (primary N) is 1. The van der Waals surface area contributed by atoms with Crippen LogP contribution in [0.1, 0.15) is 33.2 Å². The molecule has 4 N–H and O–H groups in total. The monoisotopic (exact) mass is 432 g/mol. The van der Waals surface area contributed by atoms with Crippen molar-refractivity contribution < 1.29 is 24.2 Å². The number of fused-ring (bicyclic) bond motifs is 3. The van der Waals surface area contributed by atoms with E-state index in [1.165, 1.54) is 12.4 Å². The number of rotatable bonds is 7. The molecule has 1 atom stereocenters. The van der Waals surface area contributed by atoms with Gasteiger partial charge in [-0.15, -0.1) is 0 Å². The summed E-state index contributed by atoms with van der Waals surface area (Å²) in [4.78, 5) is 42.6. The van der Waals surface area contributed by atoms with E-state index >= 15 is 0 Å². The average molecular weight is 432 g/mol. The smallest absolute Gasteiger partial charge is 0.407 e. The number of alkyl carbamates (subject to hydrolysis) is 1. The van der Waals surface area contributed by atoms with E-state index < -0.39 is 24.0 Å². The summed E-state index contributed by atoms with van der Waals surface area (Å²) in [6.45, 7) is 0.0720. The number of nitrogens with one attached hydrogen (secondary N) is 1. The number of hydrogen-bond acceptors (Lipinski definition) is 6. The van der Waals surface area contributed by atoms with Crippen LogP contribution in [0.4, 0.5) is 4.79 Å². The Kier molecular flexibility index (Phi) is 5.80. The van der Waals surface area contributed by atoms with Gasteiger partial charge in [0.25, 0.3) is 5.91 Å². The number of hydrogen-bond donors (Lipinski definition) is 3. The first-order chi connectivity index (χ1) is 15.4. The van der Waals surface area contributed by atoms with Crippen molar-refractivity contribution in [1.82, 2.24) is 15.3 Å². The van der Waals surface area contributed by atoms with Crippen LogP contribution >= 0.6 is 0 Å². The minimum absolute atomic E-state index is 0.0720. The fraction of sp³-hybridized carbons (Fsp3) is 0.174. The van der Waals surface area contributed by atoms with Crippen molar-refractivity contribution in [2.24, 2.45) is 5.73 Å². The quantitative estimate of drug-likeness (QED) is 0.518. The van der Waals surface area contributed by atoms with E-state index in [2.05, 4.69) is 15.3 Å². The molecule has 2 amide bonds. The maximum absolute atomic E-state index is 12.4. The zero-order valence-corrected chi connectivity index (χ0v) is 16.9. The Bertz CT molecular complexity index is 1130. The second kappa shape index (κ2) is 8.84. The third-order valence-electron chi connectivity index (χ3n) is 5.30. The molecule has 32 heavy (non-hydrogen) atoms. The molecule has 0 spiro atoms. The molecule has 2 aromatic carbocycles. The highest BCUT2D eigenvalue weighted by atomic mass is 16.5. The van der Waals surface area contributed by atoms with E-state index in [-0.39, 0.29) is 24.8 Å². The molecule has 9 nitrogen and oxygen atoms in total. The van der Waals surface area contributed by atoms with Gasteiger partial charge in [0, 0.05) is 24.7 Å². The van der Waals surface area contributed by atoms with Crippen LogP contribution in [0.15, 0.2) is 60.9 Å². The molecule has 0 radical (unpaired) electrons. The van der Waals surface area contributed by atoms with E-state index in [0.717, 1.165) is 22.3 Å². The number of carboxylic acid groups (broad SMARTS) is 1. The number of aliphatic carboxylic acids is 1. The highest BCUT2D eigenvalue weighted by Crippen LogP contribution is 2.44.